The number of nitrogens with zero attached hydrogens (tertiary/aromatic N) is 1. The maximum Gasteiger partial charge on any atom is 0.0163 e. The number of nitrogens with one attached hydrogen (secondary N) is 1. The summed E-state index contributed by atoms with van der Waals surface area (Å²) in [5.41, 5.74) is 0.533. The van der Waals surface area contributed by atoms with Crippen molar-refractivity contribution in [1.82, 2.24) is 10.2 Å². The van der Waals surface area contributed by atoms with E-state index in [1.165, 1.54) is 32.5 Å². The second kappa shape index (κ2) is 4.43. The Morgan fingerprint density at radius 2 is 2.15 bits per heavy atom. The van der Waals surface area contributed by atoms with Crippen LogP contribution in [0.4, 0.5) is 0 Å². The van der Waals surface area contributed by atoms with E-state index < -0.39 is 0 Å². The molecule has 0 aromatic heterocycles. The molecule has 1 N–H and O–H groups in total. The zero-order chi connectivity index (χ0) is 9.90. The van der Waals surface area contributed by atoms with Gasteiger partial charge in [0.1, 0.15) is 0 Å². The van der Waals surface area contributed by atoms with Crippen molar-refractivity contribution in [1.29, 1.82) is 0 Å². The van der Waals surface area contributed by atoms with Crippen molar-refractivity contribution < 1.29 is 0 Å². The Morgan fingerprint density at radius 3 is 2.69 bits per heavy atom. The molecule has 0 aromatic carbocycles. The SMILES string of the molecule is CNC(C)CN1CCCC(C)(C)C1. The van der Waals surface area contributed by atoms with Gasteiger partial charge in [0.25, 0.3) is 0 Å². The van der Waals surface area contributed by atoms with Gasteiger partial charge in [0.2, 0.25) is 0 Å². The van der Waals surface area contributed by atoms with Crippen LogP contribution in [0.15, 0.2) is 0 Å². The second-order valence-corrected chi connectivity index (χ2v) is 5.19. The summed E-state index contributed by atoms with van der Waals surface area (Å²) in [6.45, 7) is 10.8. The predicted octanol–water partition coefficient (Wildman–Crippen LogP) is 1.72. The first-order valence-corrected chi connectivity index (χ1v) is 5.43. The first-order chi connectivity index (χ1) is 6.03. The van der Waals surface area contributed by atoms with Crippen molar-refractivity contribution in [2.24, 2.45) is 5.41 Å². The van der Waals surface area contributed by atoms with Crippen molar-refractivity contribution in [2.75, 3.05) is 26.7 Å². The fourth-order valence-corrected chi connectivity index (χ4v) is 2.18. The van der Waals surface area contributed by atoms with Crippen molar-refractivity contribution in [3.63, 3.8) is 0 Å². The van der Waals surface area contributed by atoms with Gasteiger partial charge in [0.05, 0.1) is 0 Å². The molecule has 78 valence electrons. The van der Waals surface area contributed by atoms with Gasteiger partial charge < -0.3 is 10.2 Å². The summed E-state index contributed by atoms with van der Waals surface area (Å²) in [5.74, 6) is 0. The van der Waals surface area contributed by atoms with Crippen LogP contribution in [0.5, 0.6) is 0 Å². The fourth-order valence-electron chi connectivity index (χ4n) is 2.18. The Labute approximate surface area is 82.7 Å². The quantitative estimate of drug-likeness (QED) is 0.718. The van der Waals surface area contributed by atoms with Crippen molar-refractivity contribution in [3.8, 4) is 0 Å². The van der Waals surface area contributed by atoms with Crippen molar-refractivity contribution in [2.45, 2.75) is 39.7 Å². The topological polar surface area (TPSA) is 15.3 Å². The highest BCUT2D eigenvalue weighted by Crippen LogP contribution is 2.28. The van der Waals surface area contributed by atoms with Gasteiger partial charge >= 0.3 is 0 Å². The summed E-state index contributed by atoms with van der Waals surface area (Å²) in [5, 5.41) is 3.30. The van der Waals surface area contributed by atoms with E-state index in [1.807, 2.05) is 7.05 Å². The van der Waals surface area contributed by atoms with Gasteiger partial charge in [-0.1, -0.05) is 13.8 Å². The highest BCUT2D eigenvalue weighted by Gasteiger charge is 2.26. The molecule has 13 heavy (non-hydrogen) atoms. The zero-order valence-electron chi connectivity index (χ0n) is 9.56. The third-order valence-electron chi connectivity index (χ3n) is 3.00. The third-order valence-corrected chi connectivity index (χ3v) is 3.00. The monoisotopic (exact) mass is 184 g/mol. The molecule has 1 atom stereocenters. The minimum atomic E-state index is 0.533. The summed E-state index contributed by atoms with van der Waals surface area (Å²) in [6, 6.07) is 0.619. The summed E-state index contributed by atoms with van der Waals surface area (Å²) in [6.07, 6.45) is 2.75. The maximum absolute atomic E-state index is 3.30. The van der Waals surface area contributed by atoms with E-state index in [-0.39, 0.29) is 0 Å². The lowest BCUT2D eigenvalue weighted by Gasteiger charge is -2.39. The van der Waals surface area contributed by atoms with Crippen molar-refractivity contribution in [3.05, 3.63) is 0 Å². The second-order valence-electron chi connectivity index (χ2n) is 5.19. The van der Waals surface area contributed by atoms with E-state index in [2.05, 4.69) is 31.0 Å². The molecule has 0 amide bonds. The molecule has 0 bridgehead atoms. The van der Waals surface area contributed by atoms with Crippen LogP contribution >= 0.6 is 0 Å². The third kappa shape index (κ3) is 3.65. The van der Waals surface area contributed by atoms with Crippen molar-refractivity contribution >= 4 is 0 Å². The Hall–Kier alpha value is -0.0800. The molecule has 1 fully saturated rings. The molecule has 1 heterocycles. The minimum Gasteiger partial charge on any atom is -0.316 e. The molecular formula is C11H24N2. The lowest BCUT2D eigenvalue weighted by Crippen LogP contribution is -2.45. The van der Waals surface area contributed by atoms with Crippen LogP contribution in [0.25, 0.3) is 0 Å². The van der Waals surface area contributed by atoms with Crippen LogP contribution in [-0.4, -0.2) is 37.6 Å². The normalized spacial score (nSPS) is 25.8. The largest absolute Gasteiger partial charge is 0.316 e. The standard InChI is InChI=1S/C11H24N2/c1-10(12-4)8-13-7-5-6-11(2,3)9-13/h10,12H,5-9H2,1-4H3. The van der Waals surface area contributed by atoms with Crippen LogP contribution in [0, 0.1) is 5.41 Å². The number of likely N-dealkylation sites (tertiary alicyclic amines) is 1. The number of piperidine rings is 1. The highest BCUT2D eigenvalue weighted by molar-refractivity contribution is 4.81. The van der Waals surface area contributed by atoms with Crippen LogP contribution in [0.3, 0.4) is 0 Å². The molecule has 1 unspecified atom stereocenters. The van der Waals surface area contributed by atoms with E-state index in [0.29, 0.717) is 11.5 Å². The molecule has 1 aliphatic heterocycles. The van der Waals surface area contributed by atoms with Gasteiger partial charge in [0, 0.05) is 19.1 Å². The first-order valence-electron chi connectivity index (χ1n) is 5.43. The smallest absolute Gasteiger partial charge is 0.0163 e. The summed E-state index contributed by atoms with van der Waals surface area (Å²) in [7, 11) is 2.04. The van der Waals surface area contributed by atoms with Gasteiger partial charge in [-0.05, 0) is 38.8 Å². The van der Waals surface area contributed by atoms with E-state index in [1.54, 1.807) is 0 Å². The number of rotatable bonds is 3. The average Bonchev–Trinajstić information content (AvgIpc) is 2.02. The molecule has 2 nitrogen and oxygen atoms in total. The van der Waals surface area contributed by atoms with Crippen LogP contribution in [0.1, 0.15) is 33.6 Å². The molecule has 1 aliphatic rings. The first kappa shape index (κ1) is 11.0. The van der Waals surface area contributed by atoms with Gasteiger partial charge in [-0.15, -0.1) is 0 Å². The van der Waals surface area contributed by atoms with Gasteiger partial charge in [-0.3, -0.25) is 0 Å². The number of likely N-dealkylation sites (N-methyl/N-ethyl adjacent to an activating group) is 1. The van der Waals surface area contributed by atoms with E-state index in [0.717, 1.165) is 0 Å². The lowest BCUT2D eigenvalue weighted by molar-refractivity contribution is 0.110. The average molecular weight is 184 g/mol. The summed E-state index contributed by atoms with van der Waals surface area (Å²) >= 11 is 0. The lowest BCUT2D eigenvalue weighted by atomic mass is 9.84. The number of hydrogen-bond acceptors (Lipinski definition) is 2. The molecule has 1 rings (SSSR count). The van der Waals surface area contributed by atoms with Crippen LogP contribution in [0.2, 0.25) is 0 Å². The minimum absolute atomic E-state index is 0.533. The fraction of sp³-hybridized carbons (Fsp3) is 1.00. The number of hydrogen-bond donors (Lipinski definition) is 1. The summed E-state index contributed by atoms with van der Waals surface area (Å²) in [4.78, 5) is 2.59. The van der Waals surface area contributed by atoms with E-state index in [4.69, 9.17) is 0 Å². The van der Waals surface area contributed by atoms with Gasteiger partial charge in [-0.25, -0.2) is 0 Å². The molecular weight excluding hydrogens is 160 g/mol. The highest BCUT2D eigenvalue weighted by atomic mass is 15.2. The Morgan fingerprint density at radius 1 is 1.46 bits per heavy atom. The van der Waals surface area contributed by atoms with Gasteiger partial charge in [0.15, 0.2) is 0 Å². The molecule has 1 saturated heterocycles. The van der Waals surface area contributed by atoms with Crippen LogP contribution < -0.4 is 5.32 Å². The molecule has 2 heteroatoms. The molecule has 0 aromatic rings. The van der Waals surface area contributed by atoms with Crippen LogP contribution in [-0.2, 0) is 0 Å². The Kier molecular flexibility index (Phi) is 3.74. The maximum atomic E-state index is 3.30. The zero-order valence-corrected chi connectivity index (χ0v) is 9.56. The van der Waals surface area contributed by atoms with E-state index in [9.17, 15) is 0 Å². The summed E-state index contributed by atoms with van der Waals surface area (Å²) < 4.78 is 0. The predicted molar refractivity (Wildman–Crippen MR) is 58.0 cm³/mol. The van der Waals surface area contributed by atoms with Gasteiger partial charge in [-0.2, -0.15) is 0 Å². The molecule has 0 saturated carbocycles. The molecule has 0 spiro atoms. The Bertz CT molecular complexity index is 154. The Balaban J connectivity index is 2.34. The van der Waals surface area contributed by atoms with E-state index >= 15 is 0 Å². The molecule has 0 aliphatic carbocycles. The molecule has 0 radical (unpaired) electrons.